The highest BCUT2D eigenvalue weighted by atomic mass is 16.6. The Labute approximate surface area is 158 Å². The first-order valence-electron chi connectivity index (χ1n) is 8.32. The van der Waals surface area contributed by atoms with Gasteiger partial charge in [-0.3, -0.25) is 10.1 Å². The molecule has 2 rings (SSSR count). The number of amides is 1. The van der Waals surface area contributed by atoms with E-state index in [0.29, 0.717) is 5.75 Å². The van der Waals surface area contributed by atoms with Crippen LogP contribution in [0.3, 0.4) is 0 Å². The molecule has 146 valence electrons. The summed E-state index contributed by atoms with van der Waals surface area (Å²) < 4.78 is 10.4. The summed E-state index contributed by atoms with van der Waals surface area (Å²) in [5.74, 6) is 0.393. The van der Waals surface area contributed by atoms with Crippen LogP contribution in [0.2, 0.25) is 0 Å². The third-order valence-electron chi connectivity index (χ3n) is 2.90. The van der Waals surface area contributed by atoms with E-state index in [1.165, 1.54) is 18.2 Å². The third kappa shape index (κ3) is 9.69. The van der Waals surface area contributed by atoms with Crippen LogP contribution in [-0.4, -0.2) is 29.8 Å². The van der Waals surface area contributed by atoms with Gasteiger partial charge in [0.2, 0.25) is 0 Å². The molecule has 0 saturated heterocycles. The Bertz CT molecular complexity index is 703. The lowest BCUT2D eigenvalue weighted by Crippen LogP contribution is -2.34. The molecule has 0 saturated carbocycles. The number of nitrogen functional groups attached to an aromatic ring is 1. The van der Waals surface area contributed by atoms with Gasteiger partial charge in [-0.05, 0) is 26.8 Å². The molecule has 0 aliphatic heterocycles. The fraction of sp³-hybridized carbons (Fsp3) is 0.316. The van der Waals surface area contributed by atoms with Crippen molar-refractivity contribution in [2.24, 2.45) is 0 Å². The highest BCUT2D eigenvalue weighted by molar-refractivity contribution is 5.67. The number of benzene rings is 2. The quantitative estimate of drug-likeness (QED) is 0.356. The largest absolute Gasteiger partial charge is 0.492 e. The Morgan fingerprint density at radius 2 is 1.70 bits per heavy atom. The van der Waals surface area contributed by atoms with E-state index in [0.717, 1.165) is 0 Å². The minimum Gasteiger partial charge on any atom is -0.492 e. The number of carbonyl (C=O) groups excluding carboxylic acids is 1. The van der Waals surface area contributed by atoms with Crippen LogP contribution in [0.5, 0.6) is 5.75 Å². The van der Waals surface area contributed by atoms with Gasteiger partial charge in [0.25, 0.3) is 5.69 Å². The van der Waals surface area contributed by atoms with Gasteiger partial charge >= 0.3 is 6.09 Å². The van der Waals surface area contributed by atoms with Crippen molar-refractivity contribution in [1.82, 2.24) is 5.32 Å². The van der Waals surface area contributed by atoms with Crippen LogP contribution >= 0.6 is 0 Å². The van der Waals surface area contributed by atoms with E-state index in [1.807, 2.05) is 36.4 Å². The molecule has 0 aromatic heterocycles. The van der Waals surface area contributed by atoms with Crippen molar-refractivity contribution < 1.29 is 19.2 Å². The van der Waals surface area contributed by atoms with Gasteiger partial charge in [-0.25, -0.2) is 4.79 Å². The maximum absolute atomic E-state index is 11.4. The van der Waals surface area contributed by atoms with Crippen LogP contribution in [0, 0.1) is 10.1 Å². The Balaban J connectivity index is 0.000000511. The third-order valence-corrected chi connectivity index (χ3v) is 2.90. The minimum absolute atomic E-state index is 0.0256. The Hall–Kier alpha value is -3.29. The molecule has 0 heterocycles. The smallest absolute Gasteiger partial charge is 0.407 e. The van der Waals surface area contributed by atoms with Crippen molar-refractivity contribution in [2.45, 2.75) is 26.4 Å². The molecule has 0 aliphatic rings. The first kappa shape index (κ1) is 21.8. The van der Waals surface area contributed by atoms with E-state index in [9.17, 15) is 14.9 Å². The summed E-state index contributed by atoms with van der Waals surface area (Å²) in [7, 11) is 0. The number of nitro benzene ring substituents is 1. The molecule has 0 fully saturated rings. The van der Waals surface area contributed by atoms with Gasteiger partial charge in [-0.15, -0.1) is 0 Å². The zero-order valence-electron chi connectivity index (χ0n) is 15.7. The van der Waals surface area contributed by atoms with Gasteiger partial charge in [-0.1, -0.05) is 36.4 Å². The zero-order chi connectivity index (χ0) is 20.3. The van der Waals surface area contributed by atoms with Crippen LogP contribution < -0.4 is 15.8 Å². The van der Waals surface area contributed by atoms with Gasteiger partial charge in [-0.2, -0.15) is 0 Å². The maximum atomic E-state index is 11.4. The van der Waals surface area contributed by atoms with Gasteiger partial charge in [0, 0.05) is 12.1 Å². The number of anilines is 1. The van der Waals surface area contributed by atoms with Gasteiger partial charge in [0.1, 0.15) is 23.6 Å². The van der Waals surface area contributed by atoms with Gasteiger partial charge in [0.05, 0.1) is 11.5 Å². The van der Waals surface area contributed by atoms with Gasteiger partial charge < -0.3 is 20.5 Å². The molecule has 27 heavy (non-hydrogen) atoms. The molecule has 0 spiro atoms. The Kier molecular flexibility index (Phi) is 8.58. The second-order valence-corrected chi connectivity index (χ2v) is 6.41. The summed E-state index contributed by atoms with van der Waals surface area (Å²) in [5, 5.41) is 13.1. The van der Waals surface area contributed by atoms with Crippen molar-refractivity contribution in [3.63, 3.8) is 0 Å². The molecule has 1 amide bonds. The van der Waals surface area contributed by atoms with Crippen molar-refractivity contribution in [3.8, 4) is 5.75 Å². The van der Waals surface area contributed by atoms with Crippen LogP contribution in [0.1, 0.15) is 20.8 Å². The standard InChI is InChI=1S/C13H19N3O5.C6H6/c1-13(2,3)21-12(17)15-6-7-20-9-4-5-11(16(18)19)10(14)8-9;1-2-4-6-5-3-1/h4-5,8H,6-7,14H2,1-3H3,(H,15,17);1-6H. The summed E-state index contributed by atoms with van der Waals surface area (Å²) in [6.45, 7) is 5.73. The molecule has 8 heteroatoms. The number of hydrogen-bond donors (Lipinski definition) is 2. The van der Waals surface area contributed by atoms with Crippen LogP contribution in [0.4, 0.5) is 16.2 Å². The first-order chi connectivity index (χ1) is 12.7. The molecule has 8 nitrogen and oxygen atoms in total. The highest BCUT2D eigenvalue weighted by Crippen LogP contribution is 2.25. The molecule has 0 unspecified atom stereocenters. The number of ether oxygens (including phenoxy) is 2. The summed E-state index contributed by atoms with van der Waals surface area (Å²) in [4.78, 5) is 21.4. The van der Waals surface area contributed by atoms with Crippen molar-refractivity contribution in [3.05, 3.63) is 64.7 Å². The molecule has 0 aliphatic carbocycles. The number of alkyl carbamates (subject to hydrolysis) is 1. The summed E-state index contributed by atoms with van der Waals surface area (Å²) in [5.41, 5.74) is 4.83. The monoisotopic (exact) mass is 375 g/mol. The fourth-order valence-corrected chi connectivity index (χ4v) is 1.81. The Morgan fingerprint density at radius 1 is 1.15 bits per heavy atom. The molecule has 0 atom stereocenters. The molecule has 2 aromatic carbocycles. The SMILES string of the molecule is CC(C)(C)OC(=O)NCCOc1ccc([N+](=O)[O-])c(N)c1.c1ccccc1. The highest BCUT2D eigenvalue weighted by Gasteiger charge is 2.15. The van der Waals surface area contributed by atoms with Gasteiger partial charge in [0.15, 0.2) is 0 Å². The van der Waals surface area contributed by atoms with E-state index >= 15 is 0 Å². The van der Waals surface area contributed by atoms with Crippen molar-refractivity contribution >= 4 is 17.5 Å². The summed E-state index contributed by atoms with van der Waals surface area (Å²) in [6.07, 6.45) is -0.533. The van der Waals surface area contributed by atoms with Crippen LogP contribution in [0.15, 0.2) is 54.6 Å². The van der Waals surface area contributed by atoms with Crippen LogP contribution in [0.25, 0.3) is 0 Å². The number of carbonyl (C=O) groups is 1. The van der Waals surface area contributed by atoms with E-state index in [2.05, 4.69) is 5.32 Å². The van der Waals surface area contributed by atoms with E-state index in [1.54, 1.807) is 20.8 Å². The number of rotatable bonds is 5. The normalized spacial score (nSPS) is 10.2. The molecule has 0 radical (unpaired) electrons. The number of nitrogens with one attached hydrogen (secondary N) is 1. The maximum Gasteiger partial charge on any atom is 0.407 e. The van der Waals surface area contributed by atoms with Crippen molar-refractivity contribution in [1.29, 1.82) is 0 Å². The van der Waals surface area contributed by atoms with E-state index in [4.69, 9.17) is 15.2 Å². The van der Waals surface area contributed by atoms with E-state index < -0.39 is 16.6 Å². The average molecular weight is 375 g/mol. The number of nitrogens with two attached hydrogens (primary N) is 1. The topological polar surface area (TPSA) is 117 Å². The predicted octanol–water partition coefficient (Wildman–Crippen LogP) is 3.77. The summed E-state index contributed by atoms with van der Waals surface area (Å²) in [6, 6.07) is 16.1. The minimum atomic E-state index is -0.566. The second-order valence-electron chi connectivity index (χ2n) is 6.41. The lowest BCUT2D eigenvalue weighted by molar-refractivity contribution is -0.383. The van der Waals surface area contributed by atoms with Crippen LogP contribution in [-0.2, 0) is 4.74 Å². The zero-order valence-corrected chi connectivity index (χ0v) is 15.7. The average Bonchev–Trinajstić information content (AvgIpc) is 2.59. The Morgan fingerprint density at radius 3 is 2.15 bits per heavy atom. The predicted molar refractivity (Wildman–Crippen MR) is 104 cm³/mol. The molecule has 3 N–H and O–H groups in total. The number of nitro groups is 1. The number of nitrogens with zero attached hydrogens (tertiary/aromatic N) is 1. The molecular formula is C19H25N3O5. The molecule has 2 aromatic rings. The lowest BCUT2D eigenvalue weighted by atomic mass is 10.2. The molecule has 0 bridgehead atoms. The fourth-order valence-electron chi connectivity index (χ4n) is 1.81. The lowest BCUT2D eigenvalue weighted by Gasteiger charge is -2.19. The molecular weight excluding hydrogens is 350 g/mol. The summed E-state index contributed by atoms with van der Waals surface area (Å²) >= 11 is 0. The number of hydrogen-bond acceptors (Lipinski definition) is 6. The van der Waals surface area contributed by atoms with Crippen molar-refractivity contribution in [2.75, 3.05) is 18.9 Å². The van der Waals surface area contributed by atoms with E-state index in [-0.39, 0.29) is 24.5 Å². The second kappa shape index (κ2) is 10.6. The first-order valence-corrected chi connectivity index (χ1v) is 8.32.